The number of nitrogens with two attached hydrogens (primary N) is 1. The van der Waals surface area contributed by atoms with Crippen LogP contribution in [0, 0.1) is 12.8 Å². The molecule has 4 heterocycles. The molecular formula is C30H44N6O6S. The summed E-state index contributed by atoms with van der Waals surface area (Å²) in [6, 6.07) is 7.92. The molecule has 13 heteroatoms. The number of nitrogens with one attached hydrogen (secondary N) is 1. The molecule has 12 nitrogen and oxygen atoms in total. The molecular weight excluding hydrogens is 572 g/mol. The number of hydrogen-bond donors (Lipinski definition) is 2. The van der Waals surface area contributed by atoms with Gasteiger partial charge >= 0.3 is 0 Å². The standard InChI is InChI=1S/C30H40N6O6S.2H2/c1-6-40-12-13-41-14-15-42-29-21(3)16-22(18-33-29)24-10-9-23(27(34-24)36-19-20(2)17-30(36,4)5)28(37)35-43(38,39)25-8-7-11-32-26(25)31;;/h7-11,16,18,20H,6,12-15,17,19H2,1-5H3,(H2,31,32)(H,35,37);2*1H/t20-;;/m0../s1. The van der Waals surface area contributed by atoms with Gasteiger partial charge in [-0.05, 0) is 70.4 Å². The summed E-state index contributed by atoms with van der Waals surface area (Å²) in [6.07, 6.45) is 3.92. The highest BCUT2D eigenvalue weighted by molar-refractivity contribution is 7.90. The Labute approximate surface area is 256 Å². The van der Waals surface area contributed by atoms with E-state index in [1.54, 1.807) is 18.3 Å². The summed E-state index contributed by atoms with van der Waals surface area (Å²) in [4.78, 5) is 28.5. The summed E-state index contributed by atoms with van der Waals surface area (Å²) >= 11 is 0. The van der Waals surface area contributed by atoms with Crippen molar-refractivity contribution >= 4 is 27.6 Å². The molecule has 0 saturated carbocycles. The monoisotopic (exact) mass is 616 g/mol. The van der Waals surface area contributed by atoms with Crippen molar-refractivity contribution in [1.29, 1.82) is 0 Å². The first-order valence-electron chi connectivity index (χ1n) is 14.2. The third-order valence-electron chi connectivity index (χ3n) is 7.13. The molecule has 0 radical (unpaired) electrons. The van der Waals surface area contributed by atoms with E-state index in [9.17, 15) is 13.2 Å². The largest absolute Gasteiger partial charge is 0.475 e. The number of carbonyl (C=O) groups excluding carboxylic acids is 1. The van der Waals surface area contributed by atoms with E-state index in [2.05, 4.69) is 40.4 Å². The van der Waals surface area contributed by atoms with Gasteiger partial charge in [0.05, 0.1) is 31.1 Å². The molecule has 0 aromatic carbocycles. The van der Waals surface area contributed by atoms with Crippen LogP contribution in [0.5, 0.6) is 5.88 Å². The lowest BCUT2D eigenvalue weighted by Gasteiger charge is -2.34. The number of rotatable bonds is 13. The molecule has 0 bridgehead atoms. The van der Waals surface area contributed by atoms with Gasteiger partial charge in [-0.3, -0.25) is 4.79 Å². The van der Waals surface area contributed by atoms with Crippen LogP contribution >= 0.6 is 0 Å². The van der Waals surface area contributed by atoms with Crippen LogP contribution < -0.4 is 20.1 Å². The minimum Gasteiger partial charge on any atom is -0.475 e. The van der Waals surface area contributed by atoms with Gasteiger partial charge in [0, 0.05) is 45.1 Å². The number of hydrogen-bond acceptors (Lipinski definition) is 11. The van der Waals surface area contributed by atoms with Crippen molar-refractivity contribution in [1.82, 2.24) is 19.7 Å². The first-order valence-corrected chi connectivity index (χ1v) is 15.7. The number of ether oxygens (including phenoxy) is 3. The second kappa shape index (κ2) is 13.7. The maximum absolute atomic E-state index is 13.5. The van der Waals surface area contributed by atoms with Crippen molar-refractivity contribution < 1.29 is 30.3 Å². The Kier molecular flexibility index (Phi) is 10.2. The van der Waals surface area contributed by atoms with Crippen molar-refractivity contribution in [3.05, 3.63) is 53.9 Å². The first kappa shape index (κ1) is 32.1. The number of carbonyl (C=O) groups is 1. The smallest absolute Gasteiger partial charge is 0.268 e. The highest BCUT2D eigenvalue weighted by atomic mass is 32.2. The second-order valence-electron chi connectivity index (χ2n) is 11.1. The van der Waals surface area contributed by atoms with Crippen molar-refractivity contribution in [2.75, 3.05) is 50.2 Å². The van der Waals surface area contributed by atoms with Gasteiger partial charge in [-0.2, -0.15) is 0 Å². The van der Waals surface area contributed by atoms with Gasteiger partial charge in [-0.1, -0.05) is 6.92 Å². The zero-order valence-electron chi connectivity index (χ0n) is 25.3. The van der Waals surface area contributed by atoms with Gasteiger partial charge < -0.3 is 24.8 Å². The van der Waals surface area contributed by atoms with Gasteiger partial charge in [0.2, 0.25) is 5.88 Å². The molecule has 0 spiro atoms. The van der Waals surface area contributed by atoms with Crippen LogP contribution in [0.1, 0.15) is 52.9 Å². The number of anilines is 2. The van der Waals surface area contributed by atoms with E-state index in [-0.39, 0.29) is 24.7 Å². The van der Waals surface area contributed by atoms with Crippen LogP contribution in [0.25, 0.3) is 11.3 Å². The second-order valence-corrected chi connectivity index (χ2v) is 12.8. The molecule has 1 aliphatic heterocycles. The lowest BCUT2D eigenvalue weighted by atomic mass is 9.97. The Morgan fingerprint density at radius 1 is 1.16 bits per heavy atom. The predicted molar refractivity (Wildman–Crippen MR) is 168 cm³/mol. The number of aryl methyl sites for hydroxylation is 1. The fourth-order valence-corrected chi connectivity index (χ4v) is 6.28. The first-order chi connectivity index (χ1) is 20.4. The van der Waals surface area contributed by atoms with Gasteiger partial charge in [0.1, 0.15) is 23.1 Å². The van der Waals surface area contributed by atoms with Gasteiger partial charge in [-0.25, -0.2) is 28.1 Å². The molecule has 0 aliphatic carbocycles. The minimum atomic E-state index is -4.28. The fraction of sp³-hybridized carbons (Fsp3) is 0.467. The van der Waals surface area contributed by atoms with Crippen LogP contribution in [-0.2, 0) is 19.5 Å². The zero-order chi connectivity index (χ0) is 31.2. The number of nitrogens with zero attached hydrogens (tertiary/aromatic N) is 4. The van der Waals surface area contributed by atoms with E-state index in [0.29, 0.717) is 62.9 Å². The van der Waals surface area contributed by atoms with E-state index < -0.39 is 15.9 Å². The average Bonchev–Trinajstić information content (AvgIpc) is 3.24. The van der Waals surface area contributed by atoms with Crippen molar-refractivity contribution in [3.63, 3.8) is 0 Å². The molecule has 3 aromatic heterocycles. The topological polar surface area (TPSA) is 159 Å². The van der Waals surface area contributed by atoms with Crippen molar-refractivity contribution in [3.8, 4) is 17.1 Å². The summed E-state index contributed by atoms with van der Waals surface area (Å²) < 4.78 is 44.8. The Balaban J connectivity index is 0.00000353. The van der Waals surface area contributed by atoms with Crippen LogP contribution in [0.2, 0.25) is 0 Å². The minimum absolute atomic E-state index is 0. The summed E-state index contributed by atoms with van der Waals surface area (Å²) in [5, 5.41) is 0. The Morgan fingerprint density at radius 2 is 1.91 bits per heavy atom. The number of pyridine rings is 3. The predicted octanol–water partition coefficient (Wildman–Crippen LogP) is 4.10. The highest BCUT2D eigenvalue weighted by Crippen LogP contribution is 2.38. The van der Waals surface area contributed by atoms with Crippen molar-refractivity contribution in [2.45, 2.75) is 51.5 Å². The average molecular weight is 617 g/mol. The molecule has 1 amide bonds. The van der Waals surface area contributed by atoms with Crippen molar-refractivity contribution in [2.24, 2.45) is 5.92 Å². The molecule has 3 N–H and O–H groups in total. The van der Waals surface area contributed by atoms with E-state index in [0.717, 1.165) is 17.5 Å². The molecule has 0 unspecified atom stereocenters. The van der Waals surface area contributed by atoms with Gasteiger partial charge in [0.25, 0.3) is 15.9 Å². The Morgan fingerprint density at radius 3 is 2.58 bits per heavy atom. The number of nitrogen functional groups attached to an aromatic ring is 1. The maximum Gasteiger partial charge on any atom is 0.268 e. The van der Waals surface area contributed by atoms with Crippen LogP contribution in [0.4, 0.5) is 11.6 Å². The van der Waals surface area contributed by atoms with E-state index >= 15 is 0 Å². The molecule has 4 rings (SSSR count). The third-order valence-corrected chi connectivity index (χ3v) is 8.51. The number of sulfonamides is 1. The van der Waals surface area contributed by atoms with Crippen LogP contribution in [-0.4, -0.2) is 74.4 Å². The van der Waals surface area contributed by atoms with Gasteiger partial charge in [-0.15, -0.1) is 0 Å². The number of amides is 1. The SMILES string of the molecule is CCOCCOCCOc1ncc(-c2ccc(C(=O)NS(=O)(=O)c3cccnc3N)c(N3C[C@@H](C)CC3(C)C)n2)cc1C.[HH].[HH]. The summed E-state index contributed by atoms with van der Waals surface area (Å²) in [5.74, 6) is 0.215. The van der Waals surface area contributed by atoms with E-state index in [1.165, 1.54) is 18.3 Å². The quantitative estimate of drug-likeness (QED) is 0.266. The molecule has 236 valence electrons. The normalized spacial score (nSPS) is 16.3. The summed E-state index contributed by atoms with van der Waals surface area (Å²) in [5.41, 5.74) is 7.72. The molecule has 43 heavy (non-hydrogen) atoms. The molecule has 1 aliphatic rings. The fourth-order valence-electron chi connectivity index (χ4n) is 5.23. The summed E-state index contributed by atoms with van der Waals surface area (Å²) in [7, 11) is -4.28. The molecule has 3 aromatic rings. The summed E-state index contributed by atoms with van der Waals surface area (Å²) in [6.45, 7) is 13.2. The molecule has 1 atom stereocenters. The lowest BCUT2D eigenvalue weighted by molar-refractivity contribution is 0.0398. The van der Waals surface area contributed by atoms with Crippen LogP contribution in [0.3, 0.4) is 0 Å². The number of aromatic nitrogens is 3. The molecule has 1 fully saturated rings. The van der Waals surface area contributed by atoms with Gasteiger partial charge in [0.15, 0.2) is 0 Å². The van der Waals surface area contributed by atoms with E-state index in [1.807, 2.05) is 19.9 Å². The highest BCUT2D eigenvalue weighted by Gasteiger charge is 2.39. The van der Waals surface area contributed by atoms with E-state index in [4.69, 9.17) is 24.9 Å². The third kappa shape index (κ3) is 7.78. The molecule has 1 saturated heterocycles. The maximum atomic E-state index is 13.5. The Hall–Kier alpha value is -3.81. The lowest BCUT2D eigenvalue weighted by Crippen LogP contribution is -2.41. The Bertz CT molecular complexity index is 1560. The zero-order valence-corrected chi connectivity index (χ0v) is 26.1. The van der Waals surface area contributed by atoms with Crippen LogP contribution in [0.15, 0.2) is 47.6 Å².